The third-order valence-corrected chi connectivity index (χ3v) is 2.98. The fourth-order valence-corrected chi connectivity index (χ4v) is 2.10. The van der Waals surface area contributed by atoms with Crippen LogP contribution in [0.4, 0.5) is 5.95 Å². The molecule has 0 aliphatic carbocycles. The highest BCUT2D eigenvalue weighted by Gasteiger charge is 2.35. The lowest BCUT2D eigenvalue weighted by molar-refractivity contribution is -0.0938. The molecule has 0 radical (unpaired) electrons. The first-order chi connectivity index (χ1) is 9.10. The Bertz CT molecular complexity index is 666. The van der Waals surface area contributed by atoms with Gasteiger partial charge in [0.25, 0.3) is 5.56 Å². The SMILES string of the molecule is Nc1nc2c(ncn2[C@H]2C[C@H](O)[C@@H](NO)O2)c(=O)[nH]1. The highest BCUT2D eigenvalue weighted by molar-refractivity contribution is 5.70. The summed E-state index contributed by atoms with van der Waals surface area (Å²) in [6, 6.07) is 0. The minimum atomic E-state index is -0.901. The van der Waals surface area contributed by atoms with Crippen molar-refractivity contribution in [2.45, 2.75) is 25.0 Å². The van der Waals surface area contributed by atoms with Crippen LogP contribution in [-0.4, -0.2) is 42.2 Å². The number of anilines is 1. The molecule has 1 aliphatic heterocycles. The number of ether oxygens (including phenoxy) is 1. The molecule has 0 amide bonds. The Labute approximate surface area is 105 Å². The van der Waals surface area contributed by atoms with Gasteiger partial charge >= 0.3 is 0 Å². The lowest BCUT2D eigenvalue weighted by Gasteiger charge is -2.13. The molecule has 0 bridgehead atoms. The maximum absolute atomic E-state index is 11.6. The number of aliphatic hydroxyl groups is 1. The quantitative estimate of drug-likeness (QED) is 0.404. The minimum absolute atomic E-state index is 0.0328. The normalized spacial score (nSPS) is 27.2. The van der Waals surface area contributed by atoms with E-state index in [4.69, 9.17) is 15.7 Å². The zero-order valence-corrected chi connectivity index (χ0v) is 9.65. The number of imidazole rings is 1. The second kappa shape index (κ2) is 4.28. The highest BCUT2D eigenvalue weighted by Crippen LogP contribution is 2.28. The molecule has 3 rings (SSSR count). The zero-order valence-electron chi connectivity index (χ0n) is 9.65. The molecule has 102 valence electrons. The molecule has 0 saturated carbocycles. The van der Waals surface area contributed by atoms with E-state index in [9.17, 15) is 9.90 Å². The predicted octanol–water partition coefficient (Wildman–Crippen LogP) is -1.71. The number of rotatable bonds is 2. The van der Waals surface area contributed by atoms with E-state index in [1.165, 1.54) is 10.9 Å². The van der Waals surface area contributed by atoms with Crippen molar-refractivity contribution in [3.05, 3.63) is 16.7 Å². The molecule has 3 heterocycles. The van der Waals surface area contributed by atoms with E-state index in [0.29, 0.717) is 0 Å². The summed E-state index contributed by atoms with van der Waals surface area (Å²) >= 11 is 0. The number of fused-ring (bicyclic) bond motifs is 1. The van der Waals surface area contributed by atoms with Crippen molar-refractivity contribution >= 4 is 17.1 Å². The molecule has 2 aromatic rings. The van der Waals surface area contributed by atoms with Crippen molar-refractivity contribution in [2.75, 3.05) is 5.73 Å². The van der Waals surface area contributed by atoms with E-state index >= 15 is 0 Å². The average Bonchev–Trinajstić information content (AvgIpc) is 2.92. The monoisotopic (exact) mass is 268 g/mol. The minimum Gasteiger partial charge on any atom is -0.389 e. The Morgan fingerprint density at radius 1 is 1.63 bits per heavy atom. The van der Waals surface area contributed by atoms with Gasteiger partial charge in [-0.05, 0) is 0 Å². The number of hydrogen-bond donors (Lipinski definition) is 5. The van der Waals surface area contributed by atoms with Crippen LogP contribution in [0.25, 0.3) is 11.2 Å². The van der Waals surface area contributed by atoms with E-state index in [-0.39, 0.29) is 23.5 Å². The van der Waals surface area contributed by atoms with Crippen LogP contribution in [0.5, 0.6) is 0 Å². The topological polar surface area (TPSA) is 151 Å². The summed E-state index contributed by atoms with van der Waals surface area (Å²) in [5.74, 6) is -0.0328. The van der Waals surface area contributed by atoms with Crippen LogP contribution >= 0.6 is 0 Å². The Morgan fingerprint density at radius 3 is 3.11 bits per heavy atom. The number of H-pyrrole nitrogens is 1. The van der Waals surface area contributed by atoms with Crippen LogP contribution in [0.3, 0.4) is 0 Å². The second-order valence-corrected chi connectivity index (χ2v) is 4.22. The van der Waals surface area contributed by atoms with Gasteiger partial charge in [0.1, 0.15) is 6.23 Å². The lowest BCUT2D eigenvalue weighted by Crippen LogP contribution is -2.34. The van der Waals surface area contributed by atoms with Crippen molar-refractivity contribution in [3.8, 4) is 0 Å². The molecule has 6 N–H and O–H groups in total. The van der Waals surface area contributed by atoms with Crippen molar-refractivity contribution in [2.24, 2.45) is 0 Å². The van der Waals surface area contributed by atoms with Gasteiger partial charge in [0.2, 0.25) is 5.95 Å². The average molecular weight is 268 g/mol. The third-order valence-electron chi connectivity index (χ3n) is 2.98. The number of hydrogen-bond acceptors (Lipinski definition) is 8. The maximum Gasteiger partial charge on any atom is 0.280 e. The largest absolute Gasteiger partial charge is 0.389 e. The number of aliphatic hydroxyl groups excluding tert-OH is 1. The number of nitrogens with zero attached hydrogens (tertiary/aromatic N) is 3. The summed E-state index contributed by atoms with van der Waals surface area (Å²) in [6.45, 7) is 0. The Hall–Kier alpha value is -2.01. The van der Waals surface area contributed by atoms with Gasteiger partial charge in [0.05, 0.1) is 12.4 Å². The molecule has 1 aliphatic rings. The molecular weight excluding hydrogens is 256 g/mol. The summed E-state index contributed by atoms with van der Waals surface area (Å²) in [4.78, 5) is 21.9. The van der Waals surface area contributed by atoms with Gasteiger partial charge < -0.3 is 20.8 Å². The van der Waals surface area contributed by atoms with Gasteiger partial charge in [-0.3, -0.25) is 14.3 Å². The van der Waals surface area contributed by atoms with E-state index in [1.54, 1.807) is 0 Å². The fourth-order valence-electron chi connectivity index (χ4n) is 2.10. The number of aromatic amines is 1. The molecule has 1 fully saturated rings. The molecular formula is C9H12N6O4. The Kier molecular flexibility index (Phi) is 2.71. The standard InChI is InChI=1S/C9H12N6O4/c10-9-12-6-5(7(17)13-9)11-2-15(6)4-1-3(16)8(14-18)19-4/h2-4,8,14,16,18H,1H2,(H3,10,12,13,17)/t3-,4+,8-/m0/s1. The van der Waals surface area contributed by atoms with E-state index in [0.717, 1.165) is 0 Å². The molecule has 10 heteroatoms. The van der Waals surface area contributed by atoms with Gasteiger partial charge in [-0.1, -0.05) is 0 Å². The van der Waals surface area contributed by atoms with E-state index < -0.39 is 24.1 Å². The number of nitrogens with two attached hydrogens (primary N) is 1. The van der Waals surface area contributed by atoms with Crippen LogP contribution in [-0.2, 0) is 4.74 Å². The summed E-state index contributed by atoms with van der Waals surface area (Å²) < 4.78 is 6.86. The van der Waals surface area contributed by atoms with Crippen molar-refractivity contribution in [1.82, 2.24) is 25.0 Å². The van der Waals surface area contributed by atoms with Gasteiger partial charge in [0.15, 0.2) is 17.4 Å². The van der Waals surface area contributed by atoms with Crippen molar-refractivity contribution < 1.29 is 15.1 Å². The number of nitrogens with one attached hydrogen (secondary N) is 2. The summed E-state index contributed by atoms with van der Waals surface area (Å²) in [5, 5.41) is 18.4. The van der Waals surface area contributed by atoms with E-state index in [2.05, 4.69) is 15.0 Å². The summed E-state index contributed by atoms with van der Waals surface area (Å²) in [7, 11) is 0. The molecule has 0 spiro atoms. The van der Waals surface area contributed by atoms with Crippen LogP contribution in [0.15, 0.2) is 11.1 Å². The first-order valence-corrected chi connectivity index (χ1v) is 5.55. The molecule has 1 saturated heterocycles. The number of hydroxylamine groups is 1. The van der Waals surface area contributed by atoms with Crippen molar-refractivity contribution in [3.63, 3.8) is 0 Å². The summed E-state index contributed by atoms with van der Waals surface area (Å²) in [5.41, 5.74) is 7.29. The van der Waals surface area contributed by atoms with Crippen LogP contribution in [0, 0.1) is 0 Å². The number of aromatic nitrogens is 4. The first-order valence-electron chi connectivity index (χ1n) is 5.55. The molecule has 3 atom stereocenters. The van der Waals surface area contributed by atoms with Gasteiger partial charge in [0, 0.05) is 6.42 Å². The van der Waals surface area contributed by atoms with Gasteiger partial charge in [-0.25, -0.2) is 4.98 Å². The van der Waals surface area contributed by atoms with Crippen LogP contribution < -0.4 is 16.8 Å². The fraction of sp³-hybridized carbons (Fsp3) is 0.444. The Morgan fingerprint density at radius 2 is 2.42 bits per heavy atom. The predicted molar refractivity (Wildman–Crippen MR) is 62.0 cm³/mol. The molecule has 19 heavy (non-hydrogen) atoms. The molecule has 2 aromatic heterocycles. The molecule has 0 unspecified atom stereocenters. The second-order valence-electron chi connectivity index (χ2n) is 4.22. The zero-order chi connectivity index (χ0) is 13.6. The first kappa shape index (κ1) is 12.0. The maximum atomic E-state index is 11.6. The third kappa shape index (κ3) is 1.86. The number of nitrogen functional groups attached to an aromatic ring is 1. The molecule has 10 nitrogen and oxygen atoms in total. The van der Waals surface area contributed by atoms with Crippen LogP contribution in [0.2, 0.25) is 0 Å². The summed E-state index contributed by atoms with van der Waals surface area (Å²) in [6.07, 6.45) is -0.784. The lowest BCUT2D eigenvalue weighted by atomic mass is 10.2. The highest BCUT2D eigenvalue weighted by atomic mass is 16.6. The van der Waals surface area contributed by atoms with Gasteiger partial charge in [-0.15, -0.1) is 0 Å². The van der Waals surface area contributed by atoms with Crippen LogP contribution in [0.1, 0.15) is 12.6 Å². The van der Waals surface area contributed by atoms with Crippen molar-refractivity contribution in [1.29, 1.82) is 0 Å². The van der Waals surface area contributed by atoms with E-state index in [1.807, 2.05) is 5.48 Å². The Balaban J connectivity index is 2.05. The van der Waals surface area contributed by atoms with Gasteiger partial charge in [-0.2, -0.15) is 10.5 Å². The molecule has 0 aromatic carbocycles. The smallest absolute Gasteiger partial charge is 0.280 e.